The van der Waals surface area contributed by atoms with Crippen LogP contribution in [0.4, 0.5) is 16.4 Å². The van der Waals surface area contributed by atoms with Gasteiger partial charge < -0.3 is 14.7 Å². The Balaban J connectivity index is 1.61. The van der Waals surface area contributed by atoms with Gasteiger partial charge in [-0.25, -0.2) is 18.2 Å². The molecule has 2 aromatic heterocycles. The summed E-state index contributed by atoms with van der Waals surface area (Å²) < 4.78 is 34.4. The first kappa shape index (κ1) is 26.1. The third kappa shape index (κ3) is 5.23. The number of anilines is 2. The number of amides is 1. The van der Waals surface area contributed by atoms with Gasteiger partial charge in [-0.15, -0.1) is 11.3 Å². The van der Waals surface area contributed by atoms with Gasteiger partial charge in [0.05, 0.1) is 24.2 Å². The summed E-state index contributed by atoms with van der Waals surface area (Å²) in [5, 5.41) is 11.6. The van der Waals surface area contributed by atoms with E-state index in [1.54, 1.807) is 35.6 Å². The predicted octanol–water partition coefficient (Wildman–Crippen LogP) is 5.16. The van der Waals surface area contributed by atoms with Crippen molar-refractivity contribution >= 4 is 50.7 Å². The molecule has 36 heavy (non-hydrogen) atoms. The van der Waals surface area contributed by atoms with E-state index < -0.39 is 16.1 Å². The average molecular weight is 551 g/mol. The minimum atomic E-state index is -4.08. The Morgan fingerprint density at radius 1 is 1.19 bits per heavy atom. The Morgan fingerprint density at radius 3 is 2.44 bits per heavy atom. The fourth-order valence-corrected chi connectivity index (χ4v) is 6.83. The number of halogens is 1. The Kier molecular flexibility index (Phi) is 7.35. The number of nitrogens with one attached hydrogen (secondary N) is 1. The number of methoxy groups -OCH3 is 1. The van der Waals surface area contributed by atoms with Crippen molar-refractivity contribution in [2.45, 2.75) is 37.8 Å². The molecule has 4 rings (SSSR count). The zero-order valence-corrected chi connectivity index (χ0v) is 22.6. The number of hydrogen-bond donors (Lipinski definition) is 2. The number of sulfonamides is 1. The molecule has 1 aliphatic heterocycles. The van der Waals surface area contributed by atoms with Gasteiger partial charge in [0.2, 0.25) is 0 Å². The van der Waals surface area contributed by atoms with Crippen LogP contribution in [0.5, 0.6) is 5.75 Å². The number of rotatable bonds is 6. The molecule has 1 aromatic carbocycles. The maximum Gasteiger partial charge on any atom is 0.407 e. The second-order valence-corrected chi connectivity index (χ2v) is 11.7. The maximum atomic E-state index is 13.3. The molecule has 1 saturated heterocycles. The lowest BCUT2D eigenvalue weighted by molar-refractivity contribution is 0.0981. The molecule has 0 saturated carbocycles. The van der Waals surface area contributed by atoms with E-state index in [1.807, 2.05) is 37.1 Å². The zero-order chi connectivity index (χ0) is 26.2. The van der Waals surface area contributed by atoms with E-state index in [2.05, 4.69) is 9.71 Å². The molecule has 0 bridgehead atoms. The van der Waals surface area contributed by atoms with Gasteiger partial charge in [-0.1, -0.05) is 17.7 Å². The fourth-order valence-electron chi connectivity index (χ4n) is 4.37. The minimum absolute atomic E-state index is 0.0185. The van der Waals surface area contributed by atoms with Gasteiger partial charge in [0, 0.05) is 18.0 Å². The summed E-state index contributed by atoms with van der Waals surface area (Å²) >= 11 is 7.97. The molecule has 0 unspecified atom stereocenters. The molecule has 1 aliphatic rings. The van der Waals surface area contributed by atoms with E-state index in [4.69, 9.17) is 16.3 Å². The number of hydrogen-bond acceptors (Lipinski definition) is 7. The number of thiophene rings is 1. The number of carboxylic acid groups (broad SMARTS) is 1. The molecule has 12 heteroatoms. The molecule has 2 N–H and O–H groups in total. The minimum Gasteiger partial charge on any atom is -0.493 e. The standard InChI is InChI=1S/C24H27ClN4O5S2/c1-14-9-20(35-13-14)17-5-7-21(18(25)10-17)36(32,33)27-23-19(34-4)6-8-22(26-23)28-11-15(2)29(24(30)31)16(3)12-28/h5-10,13,15-16H,11-12H2,1-4H3,(H,26,27)(H,30,31)/t15-,16+. The number of nitrogens with zero attached hydrogens (tertiary/aromatic N) is 3. The Hall–Kier alpha value is -3.02. The number of aryl methyl sites for hydroxylation is 1. The number of carbonyl (C=O) groups is 1. The van der Waals surface area contributed by atoms with Crippen LogP contribution < -0.4 is 14.4 Å². The molecule has 3 aromatic rings. The first-order valence-electron chi connectivity index (χ1n) is 11.2. The second kappa shape index (κ2) is 10.2. The smallest absolute Gasteiger partial charge is 0.407 e. The summed E-state index contributed by atoms with van der Waals surface area (Å²) in [7, 11) is -2.66. The summed E-state index contributed by atoms with van der Waals surface area (Å²) in [6.07, 6.45) is -0.970. The van der Waals surface area contributed by atoms with E-state index in [0.717, 1.165) is 16.0 Å². The normalized spacial score (nSPS) is 18.2. The highest BCUT2D eigenvalue weighted by Crippen LogP contribution is 2.34. The molecule has 1 amide bonds. The molecule has 9 nitrogen and oxygen atoms in total. The number of pyridine rings is 1. The lowest BCUT2D eigenvalue weighted by Crippen LogP contribution is -2.58. The number of ether oxygens (including phenoxy) is 1. The molecular formula is C24H27ClN4O5S2. The van der Waals surface area contributed by atoms with Crippen LogP contribution in [-0.2, 0) is 10.0 Å². The third-order valence-corrected chi connectivity index (χ3v) is 8.91. The summed E-state index contributed by atoms with van der Waals surface area (Å²) in [6.45, 7) is 6.47. The zero-order valence-electron chi connectivity index (χ0n) is 20.2. The van der Waals surface area contributed by atoms with Gasteiger partial charge in [0.1, 0.15) is 10.7 Å². The molecule has 3 heterocycles. The Morgan fingerprint density at radius 2 is 1.89 bits per heavy atom. The largest absolute Gasteiger partial charge is 0.493 e. The molecule has 1 fully saturated rings. The van der Waals surface area contributed by atoms with Crippen molar-refractivity contribution in [2.24, 2.45) is 0 Å². The molecule has 192 valence electrons. The topological polar surface area (TPSA) is 112 Å². The quantitative estimate of drug-likeness (QED) is 0.436. The number of piperazine rings is 1. The van der Waals surface area contributed by atoms with Crippen LogP contribution in [0.15, 0.2) is 46.7 Å². The van der Waals surface area contributed by atoms with Crippen LogP contribution in [0.25, 0.3) is 10.4 Å². The monoisotopic (exact) mass is 550 g/mol. The van der Waals surface area contributed by atoms with Gasteiger partial charge >= 0.3 is 6.09 Å². The van der Waals surface area contributed by atoms with E-state index in [9.17, 15) is 18.3 Å². The lowest BCUT2D eigenvalue weighted by Gasteiger charge is -2.43. The molecule has 0 radical (unpaired) electrons. The van der Waals surface area contributed by atoms with Crippen molar-refractivity contribution in [3.05, 3.63) is 52.4 Å². The average Bonchev–Trinajstić information content (AvgIpc) is 3.24. The van der Waals surface area contributed by atoms with Crippen LogP contribution in [0.1, 0.15) is 19.4 Å². The van der Waals surface area contributed by atoms with Gasteiger partial charge in [-0.3, -0.25) is 9.62 Å². The van der Waals surface area contributed by atoms with E-state index >= 15 is 0 Å². The molecule has 0 aliphatic carbocycles. The van der Waals surface area contributed by atoms with Gasteiger partial charge in [-0.2, -0.15) is 0 Å². The molecule has 0 spiro atoms. The van der Waals surface area contributed by atoms with E-state index in [-0.39, 0.29) is 33.6 Å². The number of aromatic nitrogens is 1. The summed E-state index contributed by atoms with van der Waals surface area (Å²) in [5.74, 6) is 0.770. The van der Waals surface area contributed by atoms with Crippen LogP contribution in [0.3, 0.4) is 0 Å². The maximum absolute atomic E-state index is 13.3. The van der Waals surface area contributed by atoms with Crippen molar-refractivity contribution in [1.82, 2.24) is 9.88 Å². The third-order valence-electron chi connectivity index (χ3n) is 5.99. The highest BCUT2D eigenvalue weighted by Gasteiger charge is 2.33. The Labute approximate surface area is 219 Å². The SMILES string of the molecule is COc1ccc(N2C[C@@H](C)N(C(=O)O)[C@@H](C)C2)nc1NS(=O)(=O)c1ccc(-c2cc(C)cs2)cc1Cl. The highest BCUT2D eigenvalue weighted by molar-refractivity contribution is 7.92. The van der Waals surface area contributed by atoms with Gasteiger partial charge in [-0.05, 0) is 67.6 Å². The summed E-state index contributed by atoms with van der Waals surface area (Å²) in [4.78, 5) is 20.3. The van der Waals surface area contributed by atoms with Crippen molar-refractivity contribution in [3.63, 3.8) is 0 Å². The predicted molar refractivity (Wildman–Crippen MR) is 142 cm³/mol. The van der Waals surface area contributed by atoms with E-state index in [0.29, 0.717) is 18.9 Å². The van der Waals surface area contributed by atoms with Gasteiger partial charge in [0.15, 0.2) is 11.6 Å². The number of benzene rings is 1. The second-order valence-electron chi connectivity index (χ2n) is 8.75. The molecular weight excluding hydrogens is 524 g/mol. The first-order valence-corrected chi connectivity index (χ1v) is 13.9. The van der Waals surface area contributed by atoms with Crippen LogP contribution >= 0.6 is 22.9 Å². The first-order chi connectivity index (χ1) is 17.0. The van der Waals surface area contributed by atoms with E-state index in [1.165, 1.54) is 18.1 Å². The fraction of sp³-hybridized carbons (Fsp3) is 0.333. The summed E-state index contributed by atoms with van der Waals surface area (Å²) in [5.41, 5.74) is 1.95. The van der Waals surface area contributed by atoms with Crippen molar-refractivity contribution < 1.29 is 23.1 Å². The molecule has 2 atom stereocenters. The van der Waals surface area contributed by atoms with Crippen molar-refractivity contribution in [1.29, 1.82) is 0 Å². The highest BCUT2D eigenvalue weighted by atomic mass is 35.5. The van der Waals surface area contributed by atoms with Crippen molar-refractivity contribution in [2.75, 3.05) is 29.8 Å². The van der Waals surface area contributed by atoms with Crippen LogP contribution in [-0.4, -0.2) is 61.8 Å². The van der Waals surface area contributed by atoms with Crippen molar-refractivity contribution in [3.8, 4) is 16.2 Å². The Bertz CT molecular complexity index is 1380. The lowest BCUT2D eigenvalue weighted by atomic mass is 10.1. The van der Waals surface area contributed by atoms with Crippen LogP contribution in [0, 0.1) is 6.92 Å². The van der Waals surface area contributed by atoms with Crippen LogP contribution in [0.2, 0.25) is 5.02 Å². The summed E-state index contributed by atoms with van der Waals surface area (Å²) in [6, 6.07) is 9.66. The van der Waals surface area contributed by atoms with Gasteiger partial charge in [0.25, 0.3) is 10.0 Å².